The van der Waals surface area contributed by atoms with Crippen LogP contribution in [0.5, 0.6) is 0 Å². The van der Waals surface area contributed by atoms with E-state index in [0.717, 1.165) is 19.6 Å². The molecular weight excluding hydrogens is 284 g/mol. The van der Waals surface area contributed by atoms with E-state index >= 15 is 0 Å². The number of fused-ring (bicyclic) bond motifs is 1. The van der Waals surface area contributed by atoms with Gasteiger partial charge in [-0.15, -0.1) is 0 Å². The fourth-order valence-electron chi connectivity index (χ4n) is 2.64. The lowest BCUT2D eigenvalue weighted by molar-refractivity contribution is 0.0117. The second-order valence-electron chi connectivity index (χ2n) is 7.39. The van der Waals surface area contributed by atoms with Crippen LogP contribution in [0.25, 0.3) is 6.08 Å². The Morgan fingerprint density at radius 3 is 2.65 bits per heavy atom. The molecule has 2 rings (SSSR count). The lowest BCUT2D eigenvalue weighted by Crippen LogP contribution is -2.40. The van der Waals surface area contributed by atoms with Gasteiger partial charge in [-0.1, -0.05) is 37.6 Å². The highest BCUT2D eigenvalue weighted by Crippen LogP contribution is 2.28. The Morgan fingerprint density at radius 2 is 1.96 bits per heavy atom. The summed E-state index contributed by atoms with van der Waals surface area (Å²) in [6.45, 7) is 10.6. The van der Waals surface area contributed by atoms with Gasteiger partial charge in [0.1, 0.15) is 0 Å². The van der Waals surface area contributed by atoms with Gasteiger partial charge in [-0.25, -0.2) is 0 Å². The van der Waals surface area contributed by atoms with Gasteiger partial charge >= 0.3 is 0 Å². The molecular formula is C20H32N2O. The van der Waals surface area contributed by atoms with E-state index < -0.39 is 0 Å². The van der Waals surface area contributed by atoms with E-state index in [4.69, 9.17) is 4.74 Å². The smallest absolute Gasteiger partial charge is 0.154 e. The topological polar surface area (TPSA) is 24.5 Å². The van der Waals surface area contributed by atoms with Crippen LogP contribution < -0.4 is 5.32 Å². The summed E-state index contributed by atoms with van der Waals surface area (Å²) >= 11 is 0. The average Bonchev–Trinajstić information content (AvgIpc) is 2.51. The number of likely N-dealkylation sites (N-methyl/N-ethyl adjacent to an activating group) is 1. The van der Waals surface area contributed by atoms with Crippen molar-refractivity contribution in [1.29, 1.82) is 0 Å². The number of benzene rings is 1. The fourth-order valence-corrected chi connectivity index (χ4v) is 2.64. The zero-order valence-corrected chi connectivity index (χ0v) is 15.4. The zero-order valence-electron chi connectivity index (χ0n) is 15.4. The molecule has 3 nitrogen and oxygen atoms in total. The molecule has 0 saturated carbocycles. The molecule has 128 valence electrons. The van der Waals surface area contributed by atoms with Gasteiger partial charge in [-0.2, -0.15) is 0 Å². The first kappa shape index (κ1) is 18.0. The standard InChI is InChI=1S/C20H32N2O/c1-6-7-11-17-15-16-10-8-9-12-18(16)19(21-17)23-14-13-22(5)20(2,3)4/h8-10,12,15,19,21H,6-7,11,13-14H2,1-5H3. The maximum Gasteiger partial charge on any atom is 0.154 e. The summed E-state index contributed by atoms with van der Waals surface area (Å²) in [4.78, 5) is 2.33. The predicted octanol–water partition coefficient (Wildman–Crippen LogP) is 4.57. The van der Waals surface area contributed by atoms with Crippen molar-refractivity contribution < 1.29 is 4.74 Å². The SMILES string of the molecule is CCCCC1=Cc2ccccc2C(OCCN(C)C(C)(C)C)N1. The van der Waals surface area contributed by atoms with Gasteiger partial charge in [0.15, 0.2) is 6.23 Å². The molecule has 0 saturated heterocycles. The van der Waals surface area contributed by atoms with Crippen LogP contribution in [-0.4, -0.2) is 30.6 Å². The van der Waals surface area contributed by atoms with Crippen molar-refractivity contribution in [3.63, 3.8) is 0 Å². The molecule has 1 aliphatic rings. The quantitative estimate of drug-likeness (QED) is 0.797. The molecule has 0 amide bonds. The highest BCUT2D eigenvalue weighted by molar-refractivity contribution is 5.59. The van der Waals surface area contributed by atoms with Gasteiger partial charge in [-0.05, 0) is 52.3 Å². The molecule has 1 N–H and O–H groups in total. The van der Waals surface area contributed by atoms with Crippen molar-refractivity contribution >= 4 is 6.08 Å². The maximum atomic E-state index is 6.19. The van der Waals surface area contributed by atoms with E-state index in [1.165, 1.54) is 29.7 Å². The first-order valence-electron chi connectivity index (χ1n) is 8.80. The first-order chi connectivity index (χ1) is 10.9. The van der Waals surface area contributed by atoms with Crippen LogP contribution in [0.3, 0.4) is 0 Å². The summed E-state index contributed by atoms with van der Waals surface area (Å²) in [6, 6.07) is 8.53. The summed E-state index contributed by atoms with van der Waals surface area (Å²) < 4.78 is 6.19. The molecule has 0 spiro atoms. The monoisotopic (exact) mass is 316 g/mol. The van der Waals surface area contributed by atoms with Crippen LogP contribution in [0.15, 0.2) is 30.0 Å². The van der Waals surface area contributed by atoms with Gasteiger partial charge in [0, 0.05) is 23.3 Å². The van der Waals surface area contributed by atoms with Crippen LogP contribution in [0.4, 0.5) is 0 Å². The van der Waals surface area contributed by atoms with E-state index in [1.807, 2.05) is 0 Å². The van der Waals surface area contributed by atoms with Crippen molar-refractivity contribution in [2.45, 2.75) is 58.7 Å². The third-order valence-electron chi connectivity index (χ3n) is 4.58. The maximum absolute atomic E-state index is 6.19. The normalized spacial score (nSPS) is 17.7. The van der Waals surface area contributed by atoms with Crippen LogP contribution in [0.2, 0.25) is 0 Å². The van der Waals surface area contributed by atoms with E-state index in [0.29, 0.717) is 0 Å². The minimum absolute atomic E-state index is 0.0311. The van der Waals surface area contributed by atoms with Crippen molar-refractivity contribution in [3.05, 3.63) is 41.1 Å². The molecule has 23 heavy (non-hydrogen) atoms. The van der Waals surface area contributed by atoms with Gasteiger partial charge < -0.3 is 10.1 Å². The van der Waals surface area contributed by atoms with E-state index in [9.17, 15) is 0 Å². The van der Waals surface area contributed by atoms with Crippen molar-refractivity contribution in [2.24, 2.45) is 0 Å². The molecule has 0 fully saturated rings. The third-order valence-corrected chi connectivity index (χ3v) is 4.58. The zero-order chi connectivity index (χ0) is 16.9. The van der Waals surface area contributed by atoms with E-state index in [2.05, 4.69) is 75.3 Å². The molecule has 1 unspecified atom stereocenters. The second-order valence-corrected chi connectivity index (χ2v) is 7.39. The Balaban J connectivity index is 2.00. The minimum Gasteiger partial charge on any atom is -0.360 e. The highest BCUT2D eigenvalue weighted by Gasteiger charge is 2.22. The number of allylic oxidation sites excluding steroid dienone is 1. The summed E-state index contributed by atoms with van der Waals surface area (Å²) in [5.41, 5.74) is 3.99. The van der Waals surface area contributed by atoms with Crippen LogP contribution >= 0.6 is 0 Å². The third kappa shape index (κ3) is 5.08. The number of hydrogen-bond acceptors (Lipinski definition) is 3. The van der Waals surface area contributed by atoms with Crippen LogP contribution in [0, 0.1) is 0 Å². The van der Waals surface area contributed by atoms with Crippen molar-refractivity contribution in [2.75, 3.05) is 20.2 Å². The number of nitrogens with one attached hydrogen (secondary N) is 1. The molecule has 1 atom stereocenters. The molecule has 1 aliphatic heterocycles. The lowest BCUT2D eigenvalue weighted by atomic mass is 9.99. The second kappa shape index (κ2) is 7.98. The molecule has 0 aliphatic carbocycles. The van der Waals surface area contributed by atoms with Crippen LogP contribution in [-0.2, 0) is 4.74 Å². The Hall–Kier alpha value is -1.32. The Kier molecular flexibility index (Phi) is 6.25. The number of hydrogen-bond donors (Lipinski definition) is 1. The summed E-state index contributed by atoms with van der Waals surface area (Å²) in [6.07, 6.45) is 5.75. The molecule has 1 aromatic rings. The Labute approximate surface area is 141 Å². The number of unbranched alkanes of at least 4 members (excludes halogenated alkanes) is 1. The van der Waals surface area contributed by atoms with E-state index in [1.54, 1.807) is 0 Å². The van der Waals surface area contributed by atoms with Crippen LogP contribution in [0.1, 0.15) is 64.3 Å². The van der Waals surface area contributed by atoms with Gasteiger partial charge in [0.05, 0.1) is 6.61 Å². The van der Waals surface area contributed by atoms with Gasteiger partial charge in [-0.3, -0.25) is 4.90 Å². The molecule has 0 aromatic heterocycles. The largest absolute Gasteiger partial charge is 0.360 e. The molecule has 0 bridgehead atoms. The highest BCUT2D eigenvalue weighted by atomic mass is 16.5. The average molecular weight is 316 g/mol. The Morgan fingerprint density at radius 1 is 1.22 bits per heavy atom. The number of ether oxygens (including phenoxy) is 1. The lowest BCUT2D eigenvalue weighted by Gasteiger charge is -2.33. The fraction of sp³-hybridized carbons (Fsp3) is 0.600. The molecule has 1 heterocycles. The Bertz CT molecular complexity index is 531. The van der Waals surface area contributed by atoms with Crippen molar-refractivity contribution in [1.82, 2.24) is 10.2 Å². The number of nitrogens with zero attached hydrogens (tertiary/aromatic N) is 1. The molecule has 1 aromatic carbocycles. The summed E-state index contributed by atoms with van der Waals surface area (Å²) in [5.74, 6) is 0. The first-order valence-corrected chi connectivity index (χ1v) is 8.80. The number of rotatable bonds is 7. The van der Waals surface area contributed by atoms with Crippen molar-refractivity contribution in [3.8, 4) is 0 Å². The minimum atomic E-state index is -0.0311. The summed E-state index contributed by atoms with van der Waals surface area (Å²) in [7, 11) is 2.15. The van der Waals surface area contributed by atoms with E-state index in [-0.39, 0.29) is 11.8 Å². The van der Waals surface area contributed by atoms with Gasteiger partial charge in [0.2, 0.25) is 0 Å². The molecule has 3 heteroatoms. The predicted molar refractivity (Wildman–Crippen MR) is 98.2 cm³/mol. The summed E-state index contributed by atoms with van der Waals surface area (Å²) in [5, 5.41) is 3.58. The van der Waals surface area contributed by atoms with Gasteiger partial charge in [0.25, 0.3) is 0 Å². The molecule has 0 radical (unpaired) electrons.